The largest absolute Gasteiger partial charge is 0.465 e. The van der Waals surface area contributed by atoms with Gasteiger partial charge in [0, 0.05) is 11.4 Å². The summed E-state index contributed by atoms with van der Waals surface area (Å²) in [6, 6.07) is 12.2. The van der Waals surface area contributed by atoms with Gasteiger partial charge >= 0.3 is 5.97 Å². The predicted octanol–water partition coefficient (Wildman–Crippen LogP) is 2.66. The number of benzene rings is 2. The van der Waals surface area contributed by atoms with Crippen molar-refractivity contribution in [2.75, 3.05) is 24.3 Å². The van der Waals surface area contributed by atoms with Gasteiger partial charge in [0.05, 0.1) is 19.2 Å². The summed E-state index contributed by atoms with van der Waals surface area (Å²) in [4.78, 5) is 23.4. The number of esters is 1. The minimum atomic E-state index is -0.484. The zero-order valence-corrected chi connectivity index (χ0v) is 11.9. The van der Waals surface area contributed by atoms with Crippen molar-refractivity contribution in [1.29, 1.82) is 0 Å². The average Bonchev–Trinajstić information content (AvgIpc) is 2.54. The van der Waals surface area contributed by atoms with Crippen molar-refractivity contribution in [3.8, 4) is 0 Å². The number of anilines is 2. The fourth-order valence-corrected chi connectivity index (χ4v) is 1.84. The standard InChI is InChI=1S/C16H15FN2O3/c1-22-16(21)13-4-2-3-5-14(13)18-10-15(20)19-12-8-6-11(17)7-9-12/h2-9,18H,10H2,1H3,(H,19,20). The van der Waals surface area contributed by atoms with Crippen LogP contribution in [0.25, 0.3) is 0 Å². The molecule has 0 aliphatic carbocycles. The number of carbonyl (C=O) groups is 2. The molecule has 0 spiro atoms. The molecule has 0 bridgehead atoms. The van der Waals surface area contributed by atoms with Gasteiger partial charge in [0.15, 0.2) is 0 Å². The Balaban J connectivity index is 1.96. The van der Waals surface area contributed by atoms with E-state index in [0.717, 1.165) is 0 Å². The maximum atomic E-state index is 12.8. The zero-order valence-electron chi connectivity index (χ0n) is 11.9. The Labute approximate surface area is 127 Å². The van der Waals surface area contributed by atoms with Crippen LogP contribution in [0.2, 0.25) is 0 Å². The Bertz CT molecular complexity index is 671. The van der Waals surface area contributed by atoms with Gasteiger partial charge in [-0.3, -0.25) is 4.79 Å². The molecule has 0 saturated carbocycles. The molecule has 2 rings (SSSR count). The maximum Gasteiger partial charge on any atom is 0.339 e. The van der Waals surface area contributed by atoms with E-state index in [9.17, 15) is 14.0 Å². The molecule has 2 N–H and O–H groups in total. The SMILES string of the molecule is COC(=O)c1ccccc1NCC(=O)Nc1ccc(F)cc1. The van der Waals surface area contributed by atoms with Crippen LogP contribution < -0.4 is 10.6 Å². The van der Waals surface area contributed by atoms with Gasteiger partial charge < -0.3 is 15.4 Å². The molecule has 22 heavy (non-hydrogen) atoms. The summed E-state index contributed by atoms with van der Waals surface area (Å²) in [5.41, 5.74) is 1.35. The summed E-state index contributed by atoms with van der Waals surface area (Å²) in [6.45, 7) is -0.0363. The number of rotatable bonds is 5. The number of amides is 1. The fraction of sp³-hybridized carbons (Fsp3) is 0.125. The van der Waals surface area contributed by atoms with Crippen molar-refractivity contribution in [2.45, 2.75) is 0 Å². The number of hydrogen-bond donors (Lipinski definition) is 2. The Kier molecular flexibility index (Phi) is 5.08. The van der Waals surface area contributed by atoms with E-state index in [1.54, 1.807) is 24.3 Å². The Morgan fingerprint density at radius 3 is 2.45 bits per heavy atom. The number of nitrogens with one attached hydrogen (secondary N) is 2. The van der Waals surface area contributed by atoms with Crippen LogP contribution in [0.3, 0.4) is 0 Å². The highest BCUT2D eigenvalue weighted by Crippen LogP contribution is 2.15. The smallest absolute Gasteiger partial charge is 0.339 e. The number of carbonyl (C=O) groups excluding carboxylic acids is 2. The fourth-order valence-electron chi connectivity index (χ4n) is 1.84. The number of para-hydroxylation sites is 1. The van der Waals surface area contributed by atoms with Gasteiger partial charge in [0.2, 0.25) is 5.91 Å². The van der Waals surface area contributed by atoms with Crippen LogP contribution in [0.15, 0.2) is 48.5 Å². The van der Waals surface area contributed by atoms with Crippen LogP contribution in [0.5, 0.6) is 0 Å². The molecule has 5 nitrogen and oxygen atoms in total. The lowest BCUT2D eigenvalue weighted by atomic mass is 10.2. The third-order valence-corrected chi connectivity index (χ3v) is 2.90. The summed E-state index contributed by atoms with van der Waals surface area (Å²) >= 11 is 0. The average molecular weight is 302 g/mol. The third kappa shape index (κ3) is 4.05. The molecule has 0 aromatic heterocycles. The second-order valence-corrected chi connectivity index (χ2v) is 4.45. The van der Waals surface area contributed by atoms with Crippen LogP contribution >= 0.6 is 0 Å². The minimum Gasteiger partial charge on any atom is -0.465 e. The number of methoxy groups -OCH3 is 1. The van der Waals surface area contributed by atoms with E-state index in [-0.39, 0.29) is 18.3 Å². The summed E-state index contributed by atoms with van der Waals surface area (Å²) in [7, 11) is 1.29. The molecule has 0 heterocycles. The topological polar surface area (TPSA) is 67.4 Å². The van der Waals surface area contributed by atoms with E-state index in [2.05, 4.69) is 15.4 Å². The van der Waals surface area contributed by atoms with Gasteiger partial charge in [0.1, 0.15) is 5.82 Å². The molecule has 114 valence electrons. The maximum absolute atomic E-state index is 12.8. The van der Waals surface area contributed by atoms with Gasteiger partial charge in [-0.15, -0.1) is 0 Å². The molecule has 2 aromatic rings. The Morgan fingerprint density at radius 1 is 1.09 bits per heavy atom. The first-order chi connectivity index (χ1) is 10.6. The van der Waals surface area contributed by atoms with Crippen LogP contribution in [0.4, 0.5) is 15.8 Å². The van der Waals surface area contributed by atoms with Gasteiger partial charge in [0.25, 0.3) is 0 Å². The van der Waals surface area contributed by atoms with Gasteiger partial charge in [-0.25, -0.2) is 9.18 Å². The van der Waals surface area contributed by atoms with Crippen LogP contribution in [0.1, 0.15) is 10.4 Å². The van der Waals surface area contributed by atoms with E-state index >= 15 is 0 Å². The lowest BCUT2D eigenvalue weighted by Gasteiger charge is -2.11. The highest BCUT2D eigenvalue weighted by Gasteiger charge is 2.11. The molecular weight excluding hydrogens is 287 g/mol. The first-order valence-electron chi connectivity index (χ1n) is 6.57. The lowest BCUT2D eigenvalue weighted by Crippen LogP contribution is -2.22. The van der Waals surface area contributed by atoms with Crippen LogP contribution in [-0.2, 0) is 9.53 Å². The van der Waals surface area contributed by atoms with E-state index in [4.69, 9.17) is 0 Å². The summed E-state index contributed by atoms with van der Waals surface area (Å²) < 4.78 is 17.5. The highest BCUT2D eigenvalue weighted by atomic mass is 19.1. The second-order valence-electron chi connectivity index (χ2n) is 4.45. The quantitative estimate of drug-likeness (QED) is 0.833. The number of ether oxygens (including phenoxy) is 1. The monoisotopic (exact) mass is 302 g/mol. The Hall–Kier alpha value is -2.89. The molecule has 0 aliphatic heterocycles. The Morgan fingerprint density at radius 2 is 1.77 bits per heavy atom. The van der Waals surface area contributed by atoms with Gasteiger partial charge in [-0.05, 0) is 36.4 Å². The van der Waals surface area contributed by atoms with Crippen molar-refractivity contribution in [3.05, 3.63) is 59.9 Å². The molecule has 1 amide bonds. The molecule has 0 atom stereocenters. The highest BCUT2D eigenvalue weighted by molar-refractivity contribution is 5.98. The van der Waals surface area contributed by atoms with E-state index in [1.807, 2.05) is 0 Å². The number of halogens is 1. The zero-order chi connectivity index (χ0) is 15.9. The molecule has 6 heteroatoms. The predicted molar refractivity (Wildman–Crippen MR) is 81.3 cm³/mol. The molecule has 0 aliphatic rings. The van der Waals surface area contributed by atoms with Crippen molar-refractivity contribution in [1.82, 2.24) is 0 Å². The molecule has 0 unspecified atom stereocenters. The van der Waals surface area contributed by atoms with Crippen molar-refractivity contribution < 1.29 is 18.7 Å². The van der Waals surface area contributed by atoms with E-state index in [1.165, 1.54) is 31.4 Å². The summed E-state index contributed by atoms with van der Waals surface area (Å²) in [5.74, 6) is -1.17. The van der Waals surface area contributed by atoms with E-state index in [0.29, 0.717) is 16.9 Å². The van der Waals surface area contributed by atoms with Crippen LogP contribution in [0, 0.1) is 5.82 Å². The summed E-state index contributed by atoms with van der Waals surface area (Å²) in [5, 5.41) is 5.49. The normalized spacial score (nSPS) is 9.91. The van der Waals surface area contributed by atoms with Crippen molar-refractivity contribution in [3.63, 3.8) is 0 Å². The molecular formula is C16H15FN2O3. The first kappa shape index (κ1) is 15.5. The van der Waals surface area contributed by atoms with Crippen molar-refractivity contribution in [2.24, 2.45) is 0 Å². The van der Waals surface area contributed by atoms with Gasteiger partial charge in [-0.1, -0.05) is 12.1 Å². The molecule has 0 radical (unpaired) electrons. The summed E-state index contributed by atoms with van der Waals surface area (Å²) in [6.07, 6.45) is 0. The molecule has 0 fully saturated rings. The molecule has 2 aromatic carbocycles. The van der Waals surface area contributed by atoms with Gasteiger partial charge in [-0.2, -0.15) is 0 Å². The second kappa shape index (κ2) is 7.21. The minimum absolute atomic E-state index is 0.0363. The molecule has 0 saturated heterocycles. The van der Waals surface area contributed by atoms with Crippen LogP contribution in [-0.4, -0.2) is 25.5 Å². The first-order valence-corrected chi connectivity index (χ1v) is 6.57. The number of hydrogen-bond acceptors (Lipinski definition) is 4. The van der Waals surface area contributed by atoms with Crippen molar-refractivity contribution >= 4 is 23.3 Å². The van der Waals surface area contributed by atoms with E-state index < -0.39 is 5.97 Å². The third-order valence-electron chi connectivity index (χ3n) is 2.90. The lowest BCUT2D eigenvalue weighted by molar-refractivity contribution is -0.114.